The predicted molar refractivity (Wildman–Crippen MR) is 138 cm³/mol. The Balaban J connectivity index is 3.46. The van der Waals surface area contributed by atoms with Crippen LogP contribution in [-0.2, 0) is 4.79 Å². The van der Waals surface area contributed by atoms with Gasteiger partial charge in [0.1, 0.15) is 0 Å². The van der Waals surface area contributed by atoms with Crippen LogP contribution in [0.5, 0.6) is 0 Å². The van der Waals surface area contributed by atoms with E-state index in [0.29, 0.717) is 0 Å². The van der Waals surface area contributed by atoms with Gasteiger partial charge in [-0.2, -0.15) is 0 Å². The fraction of sp³-hybridized carbons (Fsp3) is 0.964. The second kappa shape index (κ2) is 22.6. The highest BCUT2D eigenvalue weighted by Crippen LogP contribution is 2.20. The quantitative estimate of drug-likeness (QED) is 0.154. The van der Waals surface area contributed by atoms with Crippen LogP contribution in [0.1, 0.15) is 150 Å². The molecule has 0 saturated carbocycles. The molecule has 1 amide bonds. The van der Waals surface area contributed by atoms with Gasteiger partial charge in [-0.25, -0.2) is 0 Å². The van der Waals surface area contributed by atoms with Crippen LogP contribution >= 0.6 is 0 Å². The summed E-state index contributed by atoms with van der Waals surface area (Å²) in [6.07, 6.45) is 26.0. The largest absolute Gasteiger partial charge is 0.369 e. The van der Waals surface area contributed by atoms with Crippen molar-refractivity contribution in [3.05, 3.63) is 0 Å². The third-order valence-electron chi connectivity index (χ3n) is 7.20. The second-order valence-corrected chi connectivity index (χ2v) is 9.77. The summed E-state index contributed by atoms with van der Waals surface area (Å²) in [5, 5.41) is 0. The van der Waals surface area contributed by atoms with E-state index in [-0.39, 0.29) is 17.9 Å². The Labute approximate surface area is 196 Å². The molecule has 31 heavy (non-hydrogen) atoms. The monoisotopic (exact) mass is 438 g/mol. The van der Waals surface area contributed by atoms with Gasteiger partial charge in [-0.3, -0.25) is 4.79 Å². The van der Waals surface area contributed by atoms with Crippen LogP contribution in [0.4, 0.5) is 0 Å². The Hall–Kier alpha value is -0.570. The lowest BCUT2D eigenvalue weighted by Crippen LogP contribution is -2.43. The van der Waals surface area contributed by atoms with Gasteiger partial charge in [-0.1, -0.05) is 136 Å². The maximum absolute atomic E-state index is 11.9. The number of carbonyl (C=O) groups excluding carboxylic acids is 1. The number of unbranched alkanes of at least 4 members (excludes halogenated alkanes) is 17. The van der Waals surface area contributed by atoms with Gasteiger partial charge >= 0.3 is 0 Å². The van der Waals surface area contributed by atoms with Gasteiger partial charge in [0.2, 0.25) is 5.91 Å². The van der Waals surface area contributed by atoms with Crippen LogP contribution in [0, 0.1) is 5.92 Å². The number of hydrogen-bond acceptors (Lipinski definition) is 2. The van der Waals surface area contributed by atoms with Crippen molar-refractivity contribution in [2.45, 2.75) is 156 Å². The van der Waals surface area contributed by atoms with E-state index < -0.39 is 0 Å². The highest BCUT2D eigenvalue weighted by Gasteiger charge is 2.25. The van der Waals surface area contributed by atoms with E-state index in [9.17, 15) is 4.79 Å². The van der Waals surface area contributed by atoms with Crippen molar-refractivity contribution >= 4 is 5.91 Å². The Morgan fingerprint density at radius 1 is 0.613 bits per heavy atom. The Kier molecular flexibility index (Phi) is 22.2. The highest BCUT2D eigenvalue weighted by atomic mass is 16.1. The van der Waals surface area contributed by atoms with Gasteiger partial charge < -0.3 is 10.6 Å². The number of primary amides is 1. The molecule has 2 N–H and O–H groups in total. The first-order chi connectivity index (χ1) is 15.1. The first-order valence-corrected chi connectivity index (χ1v) is 14.1. The molecule has 0 rings (SSSR count). The molecule has 0 aromatic heterocycles. The topological polar surface area (TPSA) is 46.3 Å². The van der Waals surface area contributed by atoms with Gasteiger partial charge in [0.15, 0.2) is 0 Å². The third-order valence-corrected chi connectivity index (χ3v) is 7.20. The van der Waals surface area contributed by atoms with E-state index in [0.717, 1.165) is 25.9 Å². The molecular weight excluding hydrogens is 380 g/mol. The van der Waals surface area contributed by atoms with E-state index in [1.54, 1.807) is 0 Å². The molecule has 0 spiro atoms. The summed E-state index contributed by atoms with van der Waals surface area (Å²) in [6, 6.07) is 0.262. The fourth-order valence-corrected chi connectivity index (χ4v) is 4.94. The zero-order chi connectivity index (χ0) is 23.2. The van der Waals surface area contributed by atoms with Crippen LogP contribution in [0.3, 0.4) is 0 Å². The molecule has 0 aromatic rings. The van der Waals surface area contributed by atoms with E-state index in [1.165, 1.54) is 109 Å². The summed E-state index contributed by atoms with van der Waals surface area (Å²) in [7, 11) is 0. The van der Waals surface area contributed by atoms with E-state index in [2.05, 4.69) is 32.6 Å². The van der Waals surface area contributed by atoms with E-state index >= 15 is 0 Å². The lowest BCUT2D eigenvalue weighted by molar-refractivity contribution is -0.124. The maximum Gasteiger partial charge on any atom is 0.222 e. The molecule has 0 fully saturated rings. The molecule has 3 nitrogen and oxygen atoms in total. The van der Waals surface area contributed by atoms with Crippen molar-refractivity contribution < 1.29 is 4.79 Å². The summed E-state index contributed by atoms with van der Waals surface area (Å²) in [5.74, 6) is -0.118. The van der Waals surface area contributed by atoms with E-state index in [4.69, 9.17) is 5.73 Å². The summed E-state index contributed by atoms with van der Waals surface area (Å²) < 4.78 is 0. The highest BCUT2D eigenvalue weighted by molar-refractivity contribution is 5.77. The number of hydrogen-bond donors (Lipinski definition) is 1. The number of nitrogens with zero attached hydrogens (tertiary/aromatic N) is 1. The molecule has 0 bridgehead atoms. The van der Waals surface area contributed by atoms with Crippen molar-refractivity contribution in [3.63, 3.8) is 0 Å². The number of nitrogens with two attached hydrogens (primary N) is 1. The summed E-state index contributed by atoms with van der Waals surface area (Å²) in [4.78, 5) is 14.2. The Bertz CT molecular complexity index is 381. The third kappa shape index (κ3) is 17.6. The SMILES string of the molecule is CCCCCCCCCCCCCCCCCCCCC(C(N)=O)C(C)N(CC)CC. The molecular formula is C28H58N2O. The first-order valence-electron chi connectivity index (χ1n) is 14.1. The molecule has 0 saturated heterocycles. The standard InChI is InChI=1S/C28H58N2O/c1-5-8-9-10-11-12-13-14-15-16-17-18-19-20-21-22-23-24-25-27(28(29)31)26(4)30(6-2)7-3/h26-27H,5-25H2,1-4H3,(H2,29,31). The molecule has 0 aliphatic rings. The molecule has 0 aromatic carbocycles. The van der Waals surface area contributed by atoms with Gasteiger partial charge in [0, 0.05) is 6.04 Å². The minimum atomic E-state index is -0.119. The van der Waals surface area contributed by atoms with Crippen LogP contribution in [0.15, 0.2) is 0 Å². The van der Waals surface area contributed by atoms with E-state index in [1.807, 2.05) is 0 Å². The number of carbonyl (C=O) groups is 1. The summed E-state index contributed by atoms with van der Waals surface area (Å²) in [5.41, 5.74) is 5.70. The number of rotatable bonds is 24. The lowest BCUT2D eigenvalue weighted by Gasteiger charge is -2.31. The molecule has 2 unspecified atom stereocenters. The maximum atomic E-state index is 11.9. The Morgan fingerprint density at radius 3 is 1.23 bits per heavy atom. The average molecular weight is 439 g/mol. The molecule has 3 heteroatoms. The molecule has 0 aliphatic carbocycles. The Morgan fingerprint density at radius 2 is 0.935 bits per heavy atom. The minimum absolute atomic E-state index is 0.000887. The van der Waals surface area contributed by atoms with Gasteiger partial charge in [0.25, 0.3) is 0 Å². The van der Waals surface area contributed by atoms with Gasteiger partial charge in [-0.05, 0) is 26.4 Å². The normalized spacial score (nSPS) is 13.6. The van der Waals surface area contributed by atoms with Gasteiger partial charge in [0.05, 0.1) is 5.92 Å². The van der Waals surface area contributed by atoms with Crippen molar-refractivity contribution in [1.82, 2.24) is 4.90 Å². The summed E-state index contributed by atoms with van der Waals surface area (Å²) >= 11 is 0. The van der Waals surface area contributed by atoms with Crippen LogP contribution < -0.4 is 5.73 Å². The zero-order valence-electron chi connectivity index (χ0n) is 21.9. The number of amides is 1. The van der Waals surface area contributed by atoms with Crippen molar-refractivity contribution in [2.24, 2.45) is 11.7 Å². The van der Waals surface area contributed by atoms with Crippen LogP contribution in [0.25, 0.3) is 0 Å². The first kappa shape index (κ1) is 30.4. The van der Waals surface area contributed by atoms with Crippen LogP contribution in [-0.4, -0.2) is 29.9 Å². The lowest BCUT2D eigenvalue weighted by atomic mass is 9.92. The molecule has 0 heterocycles. The summed E-state index contributed by atoms with van der Waals surface area (Å²) in [6.45, 7) is 10.7. The van der Waals surface area contributed by atoms with Crippen molar-refractivity contribution in [1.29, 1.82) is 0 Å². The van der Waals surface area contributed by atoms with Gasteiger partial charge in [-0.15, -0.1) is 0 Å². The second-order valence-electron chi connectivity index (χ2n) is 9.77. The smallest absolute Gasteiger partial charge is 0.222 e. The molecule has 0 radical (unpaired) electrons. The van der Waals surface area contributed by atoms with Crippen LogP contribution in [0.2, 0.25) is 0 Å². The molecule has 0 aliphatic heterocycles. The van der Waals surface area contributed by atoms with Crippen molar-refractivity contribution in [3.8, 4) is 0 Å². The molecule has 186 valence electrons. The minimum Gasteiger partial charge on any atom is -0.369 e. The molecule has 2 atom stereocenters. The van der Waals surface area contributed by atoms with Crippen molar-refractivity contribution in [2.75, 3.05) is 13.1 Å². The fourth-order valence-electron chi connectivity index (χ4n) is 4.94. The zero-order valence-corrected chi connectivity index (χ0v) is 21.9. The average Bonchev–Trinajstić information content (AvgIpc) is 2.76. The predicted octanol–water partition coefficient (Wildman–Crippen LogP) is 8.25.